The SMILES string of the molecule is CC(c1cccc2c1CCC2)C(NS(=O)(=O)c1ccccc1-c1cnoc1)c1n[nH]c(=O)o1. The van der Waals surface area contributed by atoms with Crippen LogP contribution in [-0.2, 0) is 22.9 Å². The Kier molecular flexibility index (Phi) is 5.47. The summed E-state index contributed by atoms with van der Waals surface area (Å²) in [5.74, 6) is -1.11. The first-order chi connectivity index (χ1) is 15.9. The number of aromatic nitrogens is 3. The Balaban J connectivity index is 1.57. The third-order valence-corrected chi connectivity index (χ3v) is 7.59. The fourth-order valence-corrected chi connectivity index (χ4v) is 6.00. The Labute approximate surface area is 189 Å². The molecule has 2 N–H and O–H groups in total. The van der Waals surface area contributed by atoms with Crippen LogP contribution in [0.25, 0.3) is 11.1 Å². The highest BCUT2D eigenvalue weighted by molar-refractivity contribution is 7.89. The molecule has 33 heavy (non-hydrogen) atoms. The number of rotatable bonds is 7. The van der Waals surface area contributed by atoms with Crippen LogP contribution in [0.4, 0.5) is 0 Å². The summed E-state index contributed by atoms with van der Waals surface area (Å²) in [5.41, 5.74) is 4.48. The number of aryl methyl sites for hydroxylation is 1. The zero-order chi connectivity index (χ0) is 23.0. The number of benzene rings is 2. The Hall–Kier alpha value is -3.50. The van der Waals surface area contributed by atoms with Crippen LogP contribution in [0.3, 0.4) is 0 Å². The number of fused-ring (bicyclic) bond motifs is 1. The van der Waals surface area contributed by atoms with Crippen LogP contribution >= 0.6 is 0 Å². The molecule has 0 fully saturated rings. The maximum absolute atomic E-state index is 13.6. The molecule has 1 aliphatic rings. The van der Waals surface area contributed by atoms with Gasteiger partial charge in [-0.2, -0.15) is 4.72 Å². The predicted octanol–water partition coefficient (Wildman–Crippen LogP) is 3.33. The molecule has 1 aliphatic carbocycles. The number of H-pyrrole nitrogens is 1. The van der Waals surface area contributed by atoms with Gasteiger partial charge in [-0.05, 0) is 42.0 Å². The molecule has 5 rings (SSSR count). The molecule has 0 radical (unpaired) electrons. The van der Waals surface area contributed by atoms with Crippen LogP contribution < -0.4 is 10.5 Å². The van der Waals surface area contributed by atoms with E-state index in [1.165, 1.54) is 29.7 Å². The van der Waals surface area contributed by atoms with E-state index in [0.29, 0.717) is 11.1 Å². The molecule has 0 amide bonds. The Morgan fingerprint density at radius 3 is 2.73 bits per heavy atom. The average molecular weight is 467 g/mol. The van der Waals surface area contributed by atoms with E-state index < -0.39 is 21.8 Å². The van der Waals surface area contributed by atoms with Gasteiger partial charge in [0.2, 0.25) is 15.9 Å². The summed E-state index contributed by atoms with van der Waals surface area (Å²) in [6.07, 6.45) is 5.81. The molecule has 170 valence electrons. The first-order valence-electron chi connectivity index (χ1n) is 10.6. The lowest BCUT2D eigenvalue weighted by Gasteiger charge is -2.25. The van der Waals surface area contributed by atoms with E-state index in [-0.39, 0.29) is 16.7 Å². The maximum atomic E-state index is 13.6. The van der Waals surface area contributed by atoms with Gasteiger partial charge in [0.1, 0.15) is 12.3 Å². The molecule has 0 saturated carbocycles. The number of hydrogen-bond acceptors (Lipinski definition) is 7. The number of hydrogen-bond donors (Lipinski definition) is 2. The Morgan fingerprint density at radius 2 is 1.97 bits per heavy atom. The minimum absolute atomic E-state index is 0.0193. The molecular formula is C23H22N4O5S. The minimum atomic E-state index is -4.06. The lowest BCUT2D eigenvalue weighted by molar-refractivity contribution is 0.381. The van der Waals surface area contributed by atoms with Crippen molar-refractivity contribution in [1.82, 2.24) is 20.1 Å². The van der Waals surface area contributed by atoms with E-state index >= 15 is 0 Å². The molecule has 10 heteroatoms. The molecular weight excluding hydrogens is 444 g/mol. The average Bonchev–Trinajstić information content (AvgIpc) is 3.58. The molecule has 2 heterocycles. The van der Waals surface area contributed by atoms with Crippen molar-refractivity contribution < 1.29 is 17.4 Å². The molecule has 0 spiro atoms. The maximum Gasteiger partial charge on any atom is 0.434 e. The number of nitrogens with zero attached hydrogens (tertiary/aromatic N) is 2. The lowest BCUT2D eigenvalue weighted by atomic mass is 9.88. The summed E-state index contributed by atoms with van der Waals surface area (Å²) in [6.45, 7) is 1.90. The van der Waals surface area contributed by atoms with Gasteiger partial charge in [-0.25, -0.2) is 18.3 Å². The third-order valence-electron chi connectivity index (χ3n) is 6.10. The highest BCUT2D eigenvalue weighted by atomic mass is 32.2. The van der Waals surface area contributed by atoms with Crippen LogP contribution in [0.2, 0.25) is 0 Å². The first kappa shape index (κ1) is 21.4. The van der Waals surface area contributed by atoms with Gasteiger partial charge in [0.25, 0.3) is 0 Å². The van der Waals surface area contributed by atoms with Crippen LogP contribution in [-0.4, -0.2) is 23.8 Å². The first-order valence-corrected chi connectivity index (χ1v) is 12.1. The molecule has 0 bridgehead atoms. The topological polar surface area (TPSA) is 131 Å². The molecule has 0 aliphatic heterocycles. The normalized spacial score (nSPS) is 15.3. The lowest BCUT2D eigenvalue weighted by Crippen LogP contribution is -2.33. The van der Waals surface area contributed by atoms with Gasteiger partial charge in [-0.1, -0.05) is 48.5 Å². The van der Waals surface area contributed by atoms with Crippen LogP contribution in [0, 0.1) is 0 Å². The van der Waals surface area contributed by atoms with Crippen LogP contribution in [0.1, 0.15) is 47.9 Å². The van der Waals surface area contributed by atoms with Crippen molar-refractivity contribution in [1.29, 1.82) is 0 Å². The van der Waals surface area contributed by atoms with Crippen molar-refractivity contribution in [3.05, 3.63) is 88.1 Å². The van der Waals surface area contributed by atoms with E-state index in [0.717, 1.165) is 24.8 Å². The standard InChI is InChI=1S/C23H22N4O5S/c1-14(17-9-4-6-15-7-5-10-18(15)17)21(22-25-26-23(28)32-22)27-33(29,30)20-11-3-2-8-19(20)16-12-24-31-13-16/h2-4,6,8-9,11-14,21,27H,5,7,10H2,1H3,(H,26,28). The monoisotopic (exact) mass is 466 g/mol. The highest BCUT2D eigenvalue weighted by Gasteiger charge is 2.34. The highest BCUT2D eigenvalue weighted by Crippen LogP contribution is 2.37. The molecule has 0 saturated heterocycles. The number of sulfonamides is 1. The van der Waals surface area contributed by atoms with E-state index in [1.807, 2.05) is 19.1 Å². The summed E-state index contributed by atoms with van der Waals surface area (Å²) in [7, 11) is -4.06. The Bertz CT molecular complexity index is 1440. The second kappa shape index (κ2) is 8.45. The minimum Gasteiger partial charge on any atom is -0.391 e. The summed E-state index contributed by atoms with van der Waals surface area (Å²) in [4.78, 5) is 11.8. The van der Waals surface area contributed by atoms with Crippen molar-refractivity contribution in [2.45, 2.75) is 43.0 Å². The van der Waals surface area contributed by atoms with E-state index in [9.17, 15) is 13.2 Å². The van der Waals surface area contributed by atoms with Crippen LogP contribution in [0.5, 0.6) is 0 Å². The molecule has 2 aromatic carbocycles. The van der Waals surface area contributed by atoms with Crippen molar-refractivity contribution in [3.8, 4) is 11.1 Å². The van der Waals surface area contributed by atoms with Gasteiger partial charge in [-0.3, -0.25) is 0 Å². The Morgan fingerprint density at radius 1 is 1.12 bits per heavy atom. The quantitative estimate of drug-likeness (QED) is 0.427. The van der Waals surface area contributed by atoms with E-state index in [1.54, 1.807) is 18.2 Å². The van der Waals surface area contributed by atoms with E-state index in [4.69, 9.17) is 8.94 Å². The van der Waals surface area contributed by atoms with E-state index in [2.05, 4.69) is 26.1 Å². The second-order valence-electron chi connectivity index (χ2n) is 8.09. The van der Waals surface area contributed by atoms with Crippen molar-refractivity contribution in [2.75, 3.05) is 0 Å². The van der Waals surface area contributed by atoms with Crippen molar-refractivity contribution in [2.24, 2.45) is 0 Å². The largest absolute Gasteiger partial charge is 0.434 e. The van der Waals surface area contributed by atoms with Crippen LogP contribution in [0.15, 0.2) is 73.6 Å². The van der Waals surface area contributed by atoms with Gasteiger partial charge in [0.15, 0.2) is 0 Å². The number of nitrogens with one attached hydrogen (secondary N) is 2. The van der Waals surface area contributed by atoms with Crippen molar-refractivity contribution in [3.63, 3.8) is 0 Å². The summed E-state index contributed by atoms with van der Waals surface area (Å²) in [6, 6.07) is 11.7. The third kappa shape index (κ3) is 4.03. The molecule has 4 aromatic rings. The summed E-state index contributed by atoms with van der Waals surface area (Å²) in [5, 5.41) is 9.87. The summed E-state index contributed by atoms with van der Waals surface area (Å²) < 4.78 is 40.0. The molecule has 9 nitrogen and oxygen atoms in total. The van der Waals surface area contributed by atoms with Gasteiger partial charge < -0.3 is 8.94 Å². The van der Waals surface area contributed by atoms with Gasteiger partial charge >= 0.3 is 5.76 Å². The zero-order valence-corrected chi connectivity index (χ0v) is 18.6. The molecule has 2 atom stereocenters. The summed E-state index contributed by atoms with van der Waals surface area (Å²) >= 11 is 0. The fourth-order valence-electron chi connectivity index (χ4n) is 4.50. The molecule has 2 aromatic heterocycles. The number of aromatic amines is 1. The van der Waals surface area contributed by atoms with Gasteiger partial charge in [-0.15, -0.1) is 5.10 Å². The smallest absolute Gasteiger partial charge is 0.391 e. The zero-order valence-electron chi connectivity index (χ0n) is 17.8. The fraction of sp³-hybridized carbons (Fsp3) is 0.261. The van der Waals surface area contributed by atoms with Gasteiger partial charge in [0, 0.05) is 17.0 Å². The predicted molar refractivity (Wildman–Crippen MR) is 119 cm³/mol. The second-order valence-corrected chi connectivity index (χ2v) is 9.77. The van der Waals surface area contributed by atoms with Crippen molar-refractivity contribution >= 4 is 10.0 Å². The van der Waals surface area contributed by atoms with Gasteiger partial charge in [0.05, 0.1) is 11.1 Å². The molecule has 2 unspecified atom stereocenters.